The molecule has 4 aliphatic carbocycles. The molecule has 0 atom stereocenters. The predicted octanol–water partition coefficient (Wildman–Crippen LogP) is 7.37. The minimum atomic E-state index is -0.402. The molecule has 0 spiro atoms. The van der Waals surface area contributed by atoms with E-state index in [2.05, 4.69) is 73.9 Å². The van der Waals surface area contributed by atoms with E-state index in [9.17, 15) is 0 Å². The van der Waals surface area contributed by atoms with Gasteiger partial charge in [-0.3, -0.25) is 19.6 Å². The monoisotopic (exact) mass is 955 g/mol. The predicted molar refractivity (Wildman–Crippen MR) is 244 cm³/mol. The highest BCUT2D eigenvalue weighted by molar-refractivity contribution is 9.10. The fourth-order valence-electron chi connectivity index (χ4n) is 10.3. The highest BCUT2D eigenvalue weighted by Gasteiger charge is 2.44. The van der Waals surface area contributed by atoms with Gasteiger partial charge in [0.15, 0.2) is 11.2 Å². The Bertz CT molecular complexity index is 2630. The number of hydrogen-bond acceptors (Lipinski definition) is 12. The van der Waals surface area contributed by atoms with Crippen molar-refractivity contribution in [2.75, 3.05) is 46.0 Å². The Morgan fingerprint density at radius 1 is 0.730 bits per heavy atom. The van der Waals surface area contributed by atoms with Gasteiger partial charge < -0.3 is 24.3 Å². The summed E-state index contributed by atoms with van der Waals surface area (Å²) in [5.74, 6) is 1.66. The summed E-state index contributed by atoms with van der Waals surface area (Å²) in [4.78, 5) is 9.05. The highest BCUT2D eigenvalue weighted by Crippen LogP contribution is 2.41. The number of aryl methyl sites for hydroxylation is 6. The van der Waals surface area contributed by atoms with Gasteiger partial charge >= 0.3 is 0 Å². The van der Waals surface area contributed by atoms with E-state index in [-0.39, 0.29) is 5.60 Å². The third-order valence-electron chi connectivity index (χ3n) is 13.6. The van der Waals surface area contributed by atoms with Crippen LogP contribution in [0, 0.1) is 4.77 Å². The number of anilines is 2. The van der Waals surface area contributed by atoms with Gasteiger partial charge in [0.1, 0.15) is 15.5 Å². The molecule has 63 heavy (non-hydrogen) atoms. The zero-order chi connectivity index (χ0) is 43.3. The van der Waals surface area contributed by atoms with Crippen LogP contribution in [0.2, 0.25) is 0 Å². The smallest absolute Gasteiger partial charge is 0.224 e. The molecular weight excluding hydrogens is 903 g/mol. The normalized spacial score (nSPS) is 18.3. The van der Waals surface area contributed by atoms with E-state index in [1.807, 2.05) is 35.6 Å². The molecule has 2 saturated heterocycles. The van der Waals surface area contributed by atoms with Gasteiger partial charge in [-0.05, 0) is 179 Å². The maximum atomic E-state index is 5.71. The van der Waals surface area contributed by atoms with Crippen LogP contribution in [0.25, 0.3) is 0 Å². The van der Waals surface area contributed by atoms with Crippen molar-refractivity contribution in [3.05, 3.63) is 101 Å². The van der Waals surface area contributed by atoms with E-state index in [0.29, 0.717) is 42.3 Å². The van der Waals surface area contributed by atoms with Crippen LogP contribution in [-0.4, -0.2) is 90.6 Å². The first-order valence-corrected chi connectivity index (χ1v) is 24.0. The molecule has 2 fully saturated rings. The van der Waals surface area contributed by atoms with Crippen molar-refractivity contribution in [2.45, 2.75) is 105 Å². The van der Waals surface area contributed by atoms with Crippen LogP contribution in [0.15, 0.2) is 39.1 Å². The number of nitrogens with zero attached hydrogens (tertiary/aromatic N) is 7. The summed E-state index contributed by atoms with van der Waals surface area (Å²) in [5.41, 5.74) is 16.5. The number of aromatic nitrogens is 10. The van der Waals surface area contributed by atoms with Gasteiger partial charge in [0, 0.05) is 40.4 Å². The molecule has 0 saturated carbocycles. The second kappa shape index (κ2) is 17.7. The Morgan fingerprint density at radius 3 is 1.76 bits per heavy atom. The van der Waals surface area contributed by atoms with Crippen LogP contribution < -0.4 is 5.32 Å². The lowest BCUT2D eigenvalue weighted by Crippen LogP contribution is -2.49. The zero-order valence-electron chi connectivity index (χ0n) is 36.3. The fourth-order valence-corrected chi connectivity index (χ4v) is 11.7. The third-order valence-corrected chi connectivity index (χ3v) is 15.0. The number of nitrogens with one attached hydrogen (secondary N) is 4. The Morgan fingerprint density at radius 2 is 1.27 bits per heavy atom. The quantitative estimate of drug-likeness (QED) is 0.101. The fraction of sp³-hybridized carbons (Fsp3) is 0.511. The van der Waals surface area contributed by atoms with E-state index < -0.39 is 5.60 Å². The van der Waals surface area contributed by atoms with Gasteiger partial charge in [-0.1, -0.05) is 12.1 Å². The summed E-state index contributed by atoms with van der Waals surface area (Å²) in [6.07, 6.45) is 15.6. The van der Waals surface area contributed by atoms with Gasteiger partial charge in [-0.25, -0.2) is 10.1 Å². The molecule has 15 nitrogen and oxygen atoms in total. The summed E-state index contributed by atoms with van der Waals surface area (Å²) in [6.45, 7) is 2.31. The van der Waals surface area contributed by atoms with Crippen LogP contribution in [-0.2, 0) is 102 Å². The molecule has 4 aromatic heterocycles. The number of ether oxygens (including phenoxy) is 4. The third kappa shape index (κ3) is 8.25. The molecule has 18 heteroatoms. The van der Waals surface area contributed by atoms with Crippen LogP contribution in [0.3, 0.4) is 0 Å². The van der Waals surface area contributed by atoms with Crippen LogP contribution >= 0.6 is 39.9 Å². The molecule has 0 unspecified atom stereocenters. The van der Waals surface area contributed by atoms with E-state index in [0.717, 1.165) is 46.1 Å². The van der Waals surface area contributed by atoms with Crippen molar-refractivity contribution in [3.8, 4) is 0 Å². The molecule has 0 radical (unpaired) electrons. The molecule has 2 aliphatic heterocycles. The Balaban J connectivity index is 0.000000125. The average Bonchev–Trinajstić information content (AvgIpc) is 4.08. The van der Waals surface area contributed by atoms with Crippen molar-refractivity contribution in [1.29, 1.82) is 0 Å². The van der Waals surface area contributed by atoms with Crippen LogP contribution in [0.4, 0.5) is 11.6 Å². The van der Waals surface area contributed by atoms with Gasteiger partial charge in [-0.2, -0.15) is 15.2 Å². The molecule has 0 amide bonds. The highest BCUT2D eigenvalue weighted by atomic mass is 79.9. The molecule has 4 N–H and O–H groups in total. The number of rotatable bonds is 10. The molecule has 2 aromatic carbocycles. The van der Waals surface area contributed by atoms with Crippen molar-refractivity contribution >= 4 is 51.5 Å². The average molecular weight is 957 g/mol. The van der Waals surface area contributed by atoms with Gasteiger partial charge in [0.05, 0.1) is 37.8 Å². The van der Waals surface area contributed by atoms with Crippen LogP contribution in [0.1, 0.15) is 93.0 Å². The van der Waals surface area contributed by atoms with Crippen LogP contribution in [0.5, 0.6) is 0 Å². The Hall–Kier alpha value is -4.17. The van der Waals surface area contributed by atoms with Crippen molar-refractivity contribution in [2.24, 2.45) is 14.1 Å². The molecule has 332 valence electrons. The minimum Gasteiger partial charge on any atom is -0.374 e. The van der Waals surface area contributed by atoms with Crippen molar-refractivity contribution in [3.63, 3.8) is 0 Å². The van der Waals surface area contributed by atoms with E-state index in [4.69, 9.17) is 31.2 Å². The number of fused-ring (bicyclic) bond motifs is 4. The van der Waals surface area contributed by atoms with Crippen molar-refractivity contribution < 1.29 is 18.9 Å². The molecule has 6 heterocycles. The Kier molecular flexibility index (Phi) is 12.0. The number of benzene rings is 2. The van der Waals surface area contributed by atoms with E-state index >= 15 is 0 Å². The maximum Gasteiger partial charge on any atom is 0.224 e. The number of H-pyrrole nitrogens is 3. The lowest BCUT2D eigenvalue weighted by molar-refractivity contribution is -0.206. The molecule has 0 bridgehead atoms. The molecular formula is C45H54BrN11O4S2. The summed E-state index contributed by atoms with van der Waals surface area (Å²) in [7, 11) is 7.25. The molecule has 6 aromatic rings. The number of hydrogen-bond donors (Lipinski definition) is 4. The summed E-state index contributed by atoms with van der Waals surface area (Å²) >= 11 is 9.82. The zero-order valence-corrected chi connectivity index (χ0v) is 39.5. The van der Waals surface area contributed by atoms with E-state index in [1.54, 1.807) is 42.0 Å². The lowest BCUT2D eigenvalue weighted by Gasteiger charge is -2.39. The van der Waals surface area contributed by atoms with Gasteiger partial charge in [-0.15, -0.1) is 5.10 Å². The van der Waals surface area contributed by atoms with Gasteiger partial charge in [0.2, 0.25) is 15.9 Å². The Labute approximate surface area is 384 Å². The first kappa shape index (κ1) is 42.8. The first-order valence-electron chi connectivity index (χ1n) is 22.0. The largest absolute Gasteiger partial charge is 0.374 e. The summed E-state index contributed by atoms with van der Waals surface area (Å²) in [6, 6.07) is 8.92. The lowest BCUT2D eigenvalue weighted by atomic mass is 9.92. The number of methoxy groups -OCH3 is 2. The van der Waals surface area contributed by atoms with Gasteiger partial charge in [0.25, 0.3) is 0 Å². The number of aromatic amines is 3. The second-order valence-electron chi connectivity index (χ2n) is 17.4. The molecule has 12 rings (SSSR count). The second-order valence-corrected chi connectivity index (χ2v) is 19.6. The van der Waals surface area contributed by atoms with E-state index in [1.165, 1.54) is 104 Å². The standard InChI is InChI=1S/C22H26N6O2S.C15H17N3S.C8H11BrN2O2/c1-28-17(22(29-2)11-30-12-22)10-18(27-28)31-21-24-20(25-26-21)23-19-15-7-3-5-13(15)9-14-6-4-8-16(14)19;19-15-16-14(17-18-15)8-13-11-5-1-3-9(11)7-10-4-2-6-12(10)13;1-11-6(3-7(9)10-11)8(12-2)4-13-5-8/h9-10H,3-8,11-12H2,1-2H3,(H2,23,24,25,26);7H,1-6,8H2,(H2,16,17,18,19);3H,4-5H2,1-2H3. The molecule has 6 aliphatic rings. The maximum absolute atomic E-state index is 5.71. The summed E-state index contributed by atoms with van der Waals surface area (Å²) < 4.78 is 26.8. The number of halogens is 1. The first-order chi connectivity index (χ1) is 30.6. The topological polar surface area (TPSA) is 171 Å². The van der Waals surface area contributed by atoms with Crippen molar-refractivity contribution in [1.82, 2.24) is 49.9 Å². The SMILES string of the molecule is COC1(c2cc(Br)nn2C)COC1.COC1(c2cc(Sc3n[nH]c(Nc4c5c(cc6c4CCC6)CCC5)n3)nn2C)COC1.S=c1nc(Cc2c3c(cc4c2CCC4)CCC3)[nH][nH]1. The minimum absolute atomic E-state index is 0.284. The summed E-state index contributed by atoms with van der Waals surface area (Å²) in [5, 5.41) is 27.4.